The number of nitrogens with one attached hydrogen (secondary N) is 1. The topological polar surface area (TPSA) is 75.6 Å². The average Bonchev–Trinajstić information content (AvgIpc) is 3.19. The van der Waals surface area contributed by atoms with Crippen molar-refractivity contribution in [3.63, 3.8) is 0 Å². The van der Waals surface area contributed by atoms with Gasteiger partial charge in [-0.2, -0.15) is 0 Å². The summed E-state index contributed by atoms with van der Waals surface area (Å²) >= 11 is 0. The molecule has 5 nitrogen and oxygen atoms in total. The van der Waals surface area contributed by atoms with E-state index in [0.717, 1.165) is 16.9 Å². The Kier molecular flexibility index (Phi) is 4.21. The third kappa shape index (κ3) is 3.17. The molecule has 114 valence electrons. The molecule has 2 N–H and O–H groups in total. The van der Waals surface area contributed by atoms with Crippen LogP contribution in [0.2, 0.25) is 0 Å². The summed E-state index contributed by atoms with van der Waals surface area (Å²) in [6.07, 6.45) is 0.831. The Balaban J connectivity index is 1.90. The zero-order chi connectivity index (χ0) is 15.6. The number of para-hydroxylation sites is 1. The van der Waals surface area contributed by atoms with E-state index < -0.39 is 17.3 Å². The van der Waals surface area contributed by atoms with E-state index in [1.54, 1.807) is 0 Å². The molecule has 0 spiro atoms. The number of hydrogen-bond donors (Lipinski definition) is 2. The van der Waals surface area contributed by atoms with Gasteiger partial charge in [0, 0.05) is 0 Å². The SMILES string of the molecule is Cc1cccc(C)c1OCC(C)NC(=O)C1(C(=O)O)CC1. The van der Waals surface area contributed by atoms with Crippen molar-refractivity contribution in [1.29, 1.82) is 0 Å². The van der Waals surface area contributed by atoms with E-state index in [1.165, 1.54) is 0 Å². The number of ether oxygens (including phenoxy) is 1. The van der Waals surface area contributed by atoms with Crippen LogP contribution in [0.15, 0.2) is 18.2 Å². The third-order valence-electron chi connectivity index (χ3n) is 3.86. The number of carboxylic acids is 1. The maximum atomic E-state index is 12.0. The molecule has 1 aromatic rings. The number of hydrogen-bond acceptors (Lipinski definition) is 3. The smallest absolute Gasteiger partial charge is 0.319 e. The minimum atomic E-state index is -1.20. The Morgan fingerprint density at radius 3 is 2.38 bits per heavy atom. The first-order chi connectivity index (χ1) is 9.86. The molecule has 0 aromatic heterocycles. The van der Waals surface area contributed by atoms with E-state index in [0.29, 0.717) is 19.4 Å². The molecule has 0 bridgehead atoms. The molecule has 1 aromatic carbocycles. The Morgan fingerprint density at radius 2 is 1.90 bits per heavy atom. The molecular formula is C16H21NO4. The first-order valence-corrected chi connectivity index (χ1v) is 7.10. The van der Waals surface area contributed by atoms with Crippen molar-refractivity contribution in [3.05, 3.63) is 29.3 Å². The van der Waals surface area contributed by atoms with Gasteiger partial charge in [0.1, 0.15) is 17.8 Å². The number of aryl methyl sites for hydroxylation is 2. The Bertz CT molecular complexity index is 543. The minimum absolute atomic E-state index is 0.242. The highest BCUT2D eigenvalue weighted by Gasteiger charge is 2.57. The summed E-state index contributed by atoms with van der Waals surface area (Å²) in [7, 11) is 0. The second-order valence-electron chi connectivity index (χ2n) is 5.79. The van der Waals surface area contributed by atoms with Crippen molar-refractivity contribution in [2.45, 2.75) is 39.7 Å². The van der Waals surface area contributed by atoms with Crippen LogP contribution >= 0.6 is 0 Å². The standard InChI is InChI=1S/C16H21NO4/c1-10-5-4-6-11(2)13(10)21-9-12(3)17-14(18)16(7-8-16)15(19)20/h4-6,12H,7-9H2,1-3H3,(H,17,18)(H,19,20). The number of carbonyl (C=O) groups is 2. The van der Waals surface area contributed by atoms with E-state index in [2.05, 4.69) is 5.32 Å². The second kappa shape index (κ2) is 5.76. The number of rotatable bonds is 6. The van der Waals surface area contributed by atoms with Crippen molar-refractivity contribution in [1.82, 2.24) is 5.32 Å². The highest BCUT2D eigenvalue weighted by Crippen LogP contribution is 2.46. The predicted octanol–water partition coefficient (Wildman–Crippen LogP) is 2.05. The van der Waals surface area contributed by atoms with Crippen LogP contribution in [0.4, 0.5) is 0 Å². The summed E-state index contributed by atoms with van der Waals surface area (Å²) < 4.78 is 5.76. The predicted molar refractivity (Wildman–Crippen MR) is 78.3 cm³/mol. The van der Waals surface area contributed by atoms with Gasteiger partial charge in [-0.05, 0) is 44.7 Å². The third-order valence-corrected chi connectivity index (χ3v) is 3.86. The van der Waals surface area contributed by atoms with Crippen LogP contribution in [0.3, 0.4) is 0 Å². The van der Waals surface area contributed by atoms with Crippen molar-refractivity contribution < 1.29 is 19.4 Å². The lowest BCUT2D eigenvalue weighted by atomic mass is 10.1. The maximum absolute atomic E-state index is 12.0. The van der Waals surface area contributed by atoms with E-state index >= 15 is 0 Å². The van der Waals surface area contributed by atoms with Crippen molar-refractivity contribution in [2.75, 3.05) is 6.61 Å². The van der Waals surface area contributed by atoms with Gasteiger partial charge in [-0.15, -0.1) is 0 Å². The van der Waals surface area contributed by atoms with Gasteiger partial charge in [0.05, 0.1) is 6.04 Å². The van der Waals surface area contributed by atoms with E-state index in [4.69, 9.17) is 9.84 Å². The molecule has 1 aliphatic carbocycles. The molecule has 1 saturated carbocycles. The summed E-state index contributed by atoms with van der Waals surface area (Å²) in [4.78, 5) is 23.1. The molecule has 2 rings (SSSR count). The van der Waals surface area contributed by atoms with Gasteiger partial charge in [0.15, 0.2) is 0 Å². The number of amides is 1. The molecule has 0 saturated heterocycles. The van der Waals surface area contributed by atoms with Gasteiger partial charge >= 0.3 is 5.97 Å². The van der Waals surface area contributed by atoms with Gasteiger partial charge in [0.2, 0.25) is 5.91 Å². The normalized spacial score (nSPS) is 16.9. The quantitative estimate of drug-likeness (QED) is 0.787. The molecule has 1 atom stereocenters. The van der Waals surface area contributed by atoms with Gasteiger partial charge in [0.25, 0.3) is 0 Å². The Morgan fingerprint density at radius 1 is 1.33 bits per heavy atom. The zero-order valence-corrected chi connectivity index (χ0v) is 12.6. The lowest BCUT2D eigenvalue weighted by molar-refractivity contribution is -0.149. The fourth-order valence-electron chi connectivity index (χ4n) is 2.30. The number of benzene rings is 1. The summed E-state index contributed by atoms with van der Waals surface area (Å²) in [6, 6.07) is 5.66. The lowest BCUT2D eigenvalue weighted by Crippen LogP contribution is -2.43. The maximum Gasteiger partial charge on any atom is 0.319 e. The number of carboxylic acid groups (broad SMARTS) is 1. The fourth-order valence-corrected chi connectivity index (χ4v) is 2.30. The second-order valence-corrected chi connectivity index (χ2v) is 5.79. The molecule has 5 heteroatoms. The zero-order valence-electron chi connectivity index (χ0n) is 12.6. The summed E-state index contributed by atoms with van der Waals surface area (Å²) in [6.45, 7) is 6.06. The van der Waals surface area contributed by atoms with E-state index in [-0.39, 0.29) is 6.04 Å². The number of carbonyl (C=O) groups excluding carboxylic acids is 1. The molecule has 0 radical (unpaired) electrons. The van der Waals surface area contributed by atoms with Crippen LogP contribution in [-0.2, 0) is 9.59 Å². The van der Waals surface area contributed by atoms with Crippen LogP contribution in [-0.4, -0.2) is 29.6 Å². The van der Waals surface area contributed by atoms with E-state index in [1.807, 2.05) is 39.0 Å². The van der Waals surface area contributed by atoms with Crippen molar-refractivity contribution in [3.8, 4) is 5.75 Å². The highest BCUT2D eigenvalue weighted by atomic mass is 16.5. The fraction of sp³-hybridized carbons (Fsp3) is 0.500. The first-order valence-electron chi connectivity index (χ1n) is 7.10. The Labute approximate surface area is 124 Å². The Hall–Kier alpha value is -2.04. The molecular weight excluding hydrogens is 270 g/mol. The van der Waals surface area contributed by atoms with Crippen molar-refractivity contribution >= 4 is 11.9 Å². The van der Waals surface area contributed by atoms with Crippen LogP contribution in [0.25, 0.3) is 0 Å². The average molecular weight is 291 g/mol. The molecule has 1 unspecified atom stereocenters. The molecule has 1 fully saturated rings. The van der Waals surface area contributed by atoms with Crippen molar-refractivity contribution in [2.24, 2.45) is 5.41 Å². The minimum Gasteiger partial charge on any atom is -0.491 e. The lowest BCUT2D eigenvalue weighted by Gasteiger charge is -2.19. The summed E-state index contributed by atoms with van der Waals surface area (Å²) in [5, 5.41) is 11.8. The van der Waals surface area contributed by atoms with Gasteiger partial charge in [-0.1, -0.05) is 18.2 Å². The highest BCUT2D eigenvalue weighted by molar-refractivity contribution is 6.04. The van der Waals surface area contributed by atoms with Crippen LogP contribution in [0.1, 0.15) is 30.9 Å². The first kappa shape index (κ1) is 15.4. The molecule has 0 heterocycles. The van der Waals surface area contributed by atoms with Gasteiger partial charge in [-0.25, -0.2) is 0 Å². The number of aliphatic carboxylic acids is 1. The van der Waals surface area contributed by atoms with Gasteiger partial charge < -0.3 is 15.2 Å². The largest absolute Gasteiger partial charge is 0.491 e. The van der Waals surface area contributed by atoms with Crippen LogP contribution in [0.5, 0.6) is 5.75 Å². The van der Waals surface area contributed by atoms with Crippen LogP contribution < -0.4 is 10.1 Å². The molecule has 1 aliphatic rings. The summed E-state index contributed by atoms with van der Waals surface area (Å²) in [5.74, 6) is -0.631. The molecule has 0 aliphatic heterocycles. The van der Waals surface area contributed by atoms with E-state index in [9.17, 15) is 9.59 Å². The molecule has 21 heavy (non-hydrogen) atoms. The molecule has 1 amide bonds. The van der Waals surface area contributed by atoms with Gasteiger partial charge in [-0.3, -0.25) is 9.59 Å². The monoisotopic (exact) mass is 291 g/mol. The summed E-state index contributed by atoms with van der Waals surface area (Å²) in [5.41, 5.74) is 0.878. The van der Waals surface area contributed by atoms with Crippen LogP contribution in [0, 0.1) is 19.3 Å².